The van der Waals surface area contributed by atoms with Crippen LogP contribution in [-0.2, 0) is 23.5 Å². The number of aromatic nitrogens is 2. The number of aliphatic hydroxyl groups excluding tert-OH is 2. The lowest BCUT2D eigenvalue weighted by Gasteiger charge is -2.05. The maximum Gasteiger partial charge on any atom is 0.351 e. The van der Waals surface area contributed by atoms with Crippen molar-refractivity contribution in [2.45, 2.75) is 20.0 Å². The SMILES string of the molecule is Cc1cc[n+](CCO)c(=S)n1CCO.O=S(=O)([O-])O. The Morgan fingerprint density at radius 3 is 2.37 bits per heavy atom. The van der Waals surface area contributed by atoms with Crippen LogP contribution in [0.15, 0.2) is 12.3 Å². The summed E-state index contributed by atoms with van der Waals surface area (Å²) in [6.07, 6.45) is 1.85. The van der Waals surface area contributed by atoms with Gasteiger partial charge in [0, 0.05) is 18.3 Å². The van der Waals surface area contributed by atoms with Gasteiger partial charge in [-0.15, -0.1) is 0 Å². The molecule has 0 bridgehead atoms. The minimum Gasteiger partial charge on any atom is -0.726 e. The molecule has 0 saturated heterocycles. The summed E-state index contributed by atoms with van der Waals surface area (Å²) >= 11 is 5.21. The lowest BCUT2D eigenvalue weighted by atomic mass is 10.4. The van der Waals surface area contributed by atoms with Gasteiger partial charge in [0.25, 0.3) is 0 Å². The van der Waals surface area contributed by atoms with Crippen molar-refractivity contribution in [3.8, 4) is 0 Å². The number of rotatable bonds is 4. The maximum atomic E-state index is 8.86. The highest BCUT2D eigenvalue weighted by Gasteiger charge is 2.08. The second-order valence-electron chi connectivity index (χ2n) is 3.46. The van der Waals surface area contributed by atoms with E-state index >= 15 is 0 Å². The summed E-state index contributed by atoms with van der Waals surface area (Å²) in [6, 6.07) is 1.92. The predicted octanol–water partition coefficient (Wildman–Crippen LogP) is -1.20. The molecule has 0 atom stereocenters. The molecule has 0 spiro atoms. The van der Waals surface area contributed by atoms with Gasteiger partial charge in [0.1, 0.15) is 18.8 Å². The van der Waals surface area contributed by atoms with E-state index in [2.05, 4.69) is 0 Å². The largest absolute Gasteiger partial charge is 0.726 e. The second kappa shape index (κ2) is 8.30. The molecule has 10 heteroatoms. The molecule has 0 unspecified atom stereocenters. The highest BCUT2D eigenvalue weighted by Crippen LogP contribution is 1.96. The third kappa shape index (κ3) is 7.97. The van der Waals surface area contributed by atoms with Crippen molar-refractivity contribution in [1.82, 2.24) is 4.57 Å². The molecule has 0 saturated carbocycles. The number of aliphatic hydroxyl groups is 2. The third-order valence-electron chi connectivity index (χ3n) is 2.06. The molecule has 0 aromatic carbocycles. The Balaban J connectivity index is 0.000000555. The summed E-state index contributed by atoms with van der Waals surface area (Å²) in [4.78, 5) is 0. The van der Waals surface area contributed by atoms with Gasteiger partial charge in [0.2, 0.25) is 10.4 Å². The highest BCUT2D eigenvalue weighted by atomic mass is 32.3. The van der Waals surface area contributed by atoms with Crippen LogP contribution in [0.3, 0.4) is 0 Å². The van der Waals surface area contributed by atoms with Crippen molar-refractivity contribution >= 4 is 22.6 Å². The molecule has 1 rings (SSSR count). The van der Waals surface area contributed by atoms with Crippen molar-refractivity contribution in [1.29, 1.82) is 0 Å². The standard InChI is InChI=1S/C9H15N2O2S.H2O4S/c1-8-2-3-10(4-6-12)9(14)11(8)5-7-13;1-5(2,3)4/h2-3,12-13H,4-7H2,1H3;(H2,1,2,3,4)/q+1;/p-1. The molecule has 1 heterocycles. The molecule has 0 fully saturated rings. The number of hydrogen-bond acceptors (Lipinski definition) is 6. The Kier molecular flexibility index (Phi) is 7.90. The summed E-state index contributed by atoms with van der Waals surface area (Å²) < 4.78 is 37.1. The van der Waals surface area contributed by atoms with E-state index in [9.17, 15) is 0 Å². The smallest absolute Gasteiger partial charge is 0.351 e. The molecule has 0 radical (unpaired) electrons. The minimum absolute atomic E-state index is 0.0660. The molecule has 0 aliphatic rings. The van der Waals surface area contributed by atoms with E-state index in [0.29, 0.717) is 17.9 Å². The summed E-state index contributed by atoms with van der Waals surface area (Å²) in [7, 11) is -4.92. The van der Waals surface area contributed by atoms with Gasteiger partial charge in [-0.25, -0.2) is 17.6 Å². The van der Waals surface area contributed by atoms with Gasteiger partial charge in [-0.3, -0.25) is 4.55 Å². The Morgan fingerprint density at radius 2 is 1.95 bits per heavy atom. The van der Waals surface area contributed by atoms with Crippen molar-refractivity contribution in [3.63, 3.8) is 0 Å². The van der Waals surface area contributed by atoms with Crippen LogP contribution in [0.2, 0.25) is 0 Å². The predicted molar refractivity (Wildman–Crippen MR) is 66.7 cm³/mol. The third-order valence-corrected chi connectivity index (χ3v) is 2.52. The fraction of sp³-hybridized carbons (Fsp3) is 0.556. The van der Waals surface area contributed by atoms with Gasteiger partial charge >= 0.3 is 4.77 Å². The van der Waals surface area contributed by atoms with E-state index in [1.165, 1.54) is 0 Å². The average Bonchev–Trinajstić information content (AvgIpc) is 2.26. The van der Waals surface area contributed by atoms with Gasteiger partial charge in [0.05, 0.1) is 19.4 Å². The monoisotopic (exact) mass is 312 g/mol. The fourth-order valence-corrected chi connectivity index (χ4v) is 1.69. The molecule has 19 heavy (non-hydrogen) atoms. The fourth-order valence-electron chi connectivity index (χ4n) is 1.31. The summed E-state index contributed by atoms with van der Waals surface area (Å²) in [5.41, 5.74) is 1.01. The molecular formula is C9H16N2O6S2. The summed E-state index contributed by atoms with van der Waals surface area (Å²) in [5.74, 6) is 0. The van der Waals surface area contributed by atoms with Gasteiger partial charge < -0.3 is 14.8 Å². The molecule has 0 aliphatic heterocycles. The van der Waals surface area contributed by atoms with Crippen LogP contribution < -0.4 is 4.57 Å². The van der Waals surface area contributed by atoms with Gasteiger partial charge in [-0.05, 0) is 6.92 Å². The molecule has 110 valence electrons. The van der Waals surface area contributed by atoms with Crippen LogP contribution in [0.1, 0.15) is 5.69 Å². The Bertz CT molecular complexity index is 546. The van der Waals surface area contributed by atoms with E-state index in [1.807, 2.05) is 23.8 Å². The first kappa shape index (κ1) is 18.1. The Labute approximate surface area is 116 Å². The lowest BCUT2D eigenvalue weighted by Crippen LogP contribution is -2.40. The molecule has 8 nitrogen and oxygen atoms in total. The van der Waals surface area contributed by atoms with E-state index in [-0.39, 0.29) is 13.2 Å². The zero-order chi connectivity index (χ0) is 15.1. The zero-order valence-corrected chi connectivity index (χ0v) is 11.9. The molecule has 0 amide bonds. The maximum absolute atomic E-state index is 8.86. The average molecular weight is 312 g/mol. The quantitative estimate of drug-likeness (QED) is 0.276. The van der Waals surface area contributed by atoms with E-state index in [0.717, 1.165) is 5.69 Å². The van der Waals surface area contributed by atoms with Crippen molar-refractivity contribution < 1.29 is 32.3 Å². The van der Waals surface area contributed by atoms with Crippen LogP contribution in [-0.4, -0.2) is 45.5 Å². The van der Waals surface area contributed by atoms with Crippen LogP contribution >= 0.6 is 12.2 Å². The van der Waals surface area contributed by atoms with Gasteiger partial charge in [0.15, 0.2) is 0 Å². The van der Waals surface area contributed by atoms with Crippen LogP contribution in [0, 0.1) is 11.7 Å². The molecule has 3 N–H and O–H groups in total. The van der Waals surface area contributed by atoms with Crippen molar-refractivity contribution in [2.75, 3.05) is 13.2 Å². The lowest BCUT2D eigenvalue weighted by molar-refractivity contribution is -0.709. The molecule has 1 aromatic heterocycles. The number of hydrogen-bond donors (Lipinski definition) is 3. The molecule has 1 aromatic rings. The highest BCUT2D eigenvalue weighted by molar-refractivity contribution is 7.79. The van der Waals surface area contributed by atoms with E-state index in [4.69, 9.17) is 40.0 Å². The Morgan fingerprint density at radius 1 is 1.42 bits per heavy atom. The summed E-state index contributed by atoms with van der Waals surface area (Å²) in [6.45, 7) is 3.06. The first-order valence-corrected chi connectivity index (χ1v) is 6.98. The first-order valence-electron chi connectivity index (χ1n) is 5.20. The van der Waals surface area contributed by atoms with Crippen LogP contribution in [0.4, 0.5) is 0 Å². The van der Waals surface area contributed by atoms with Crippen molar-refractivity contribution in [3.05, 3.63) is 22.7 Å². The van der Waals surface area contributed by atoms with E-state index in [1.54, 1.807) is 4.57 Å². The molecule has 0 aliphatic carbocycles. The number of aryl methyl sites for hydroxylation is 1. The Hall–Kier alpha value is -0.910. The van der Waals surface area contributed by atoms with Crippen molar-refractivity contribution in [2.24, 2.45) is 0 Å². The van der Waals surface area contributed by atoms with E-state index < -0.39 is 10.4 Å². The second-order valence-corrected chi connectivity index (χ2v) is 4.68. The van der Waals surface area contributed by atoms with Crippen LogP contribution in [0.25, 0.3) is 0 Å². The zero-order valence-electron chi connectivity index (χ0n) is 10.3. The normalized spacial score (nSPS) is 10.8. The topological polar surface area (TPSA) is 127 Å². The minimum atomic E-state index is -4.92. The van der Waals surface area contributed by atoms with Gasteiger partial charge in [-0.1, -0.05) is 0 Å². The molecular weight excluding hydrogens is 296 g/mol. The van der Waals surface area contributed by atoms with Crippen LogP contribution in [0.5, 0.6) is 0 Å². The van der Waals surface area contributed by atoms with Gasteiger partial charge in [-0.2, -0.15) is 0 Å². The first-order chi connectivity index (χ1) is 8.70. The number of nitrogens with zero attached hydrogens (tertiary/aromatic N) is 2. The summed E-state index contributed by atoms with van der Waals surface area (Å²) in [5, 5.41) is 17.7.